The second-order valence-electron chi connectivity index (χ2n) is 5.23. The van der Waals surface area contributed by atoms with Crippen molar-refractivity contribution in [3.8, 4) is 11.5 Å². The van der Waals surface area contributed by atoms with Crippen LogP contribution in [0.5, 0.6) is 0 Å². The van der Waals surface area contributed by atoms with Gasteiger partial charge in [-0.2, -0.15) is 4.98 Å². The smallest absolute Gasteiger partial charge is 0.257 e. The van der Waals surface area contributed by atoms with Crippen molar-refractivity contribution in [3.05, 3.63) is 59.9 Å². The Morgan fingerprint density at radius 2 is 1.96 bits per heavy atom. The third-order valence-electron chi connectivity index (χ3n) is 3.44. The van der Waals surface area contributed by atoms with Gasteiger partial charge >= 0.3 is 0 Å². The third kappa shape index (κ3) is 2.98. The van der Waals surface area contributed by atoms with Crippen molar-refractivity contribution in [1.82, 2.24) is 20.1 Å². The van der Waals surface area contributed by atoms with Crippen molar-refractivity contribution < 1.29 is 4.52 Å². The summed E-state index contributed by atoms with van der Waals surface area (Å²) in [6, 6.07) is 15.9. The standard InChI is InChI=1S/C17H14N4OS/c1-11-7-8-13-14(9-11)19-17(18-13)23-10-15-20-16(22-21-15)12-5-3-2-4-6-12/h2-9H,10H2,1H3,(H,18,19). The fourth-order valence-electron chi connectivity index (χ4n) is 2.31. The molecule has 4 aromatic rings. The molecule has 0 amide bonds. The van der Waals surface area contributed by atoms with E-state index in [9.17, 15) is 0 Å². The van der Waals surface area contributed by atoms with Gasteiger partial charge in [-0.15, -0.1) is 0 Å². The Labute approximate surface area is 137 Å². The number of nitrogens with one attached hydrogen (secondary N) is 1. The first-order valence-corrected chi connectivity index (χ1v) is 8.24. The van der Waals surface area contributed by atoms with Crippen LogP contribution in [0.1, 0.15) is 11.4 Å². The van der Waals surface area contributed by atoms with E-state index in [1.54, 1.807) is 11.8 Å². The summed E-state index contributed by atoms with van der Waals surface area (Å²) in [5, 5.41) is 4.89. The van der Waals surface area contributed by atoms with Gasteiger partial charge in [0, 0.05) is 5.56 Å². The van der Waals surface area contributed by atoms with Crippen LogP contribution < -0.4 is 0 Å². The van der Waals surface area contributed by atoms with E-state index in [1.807, 2.05) is 36.4 Å². The first kappa shape index (κ1) is 14.0. The maximum atomic E-state index is 5.31. The molecule has 23 heavy (non-hydrogen) atoms. The highest BCUT2D eigenvalue weighted by Gasteiger charge is 2.10. The Bertz CT molecular complexity index is 946. The van der Waals surface area contributed by atoms with Gasteiger partial charge in [0.1, 0.15) is 0 Å². The van der Waals surface area contributed by atoms with Crippen molar-refractivity contribution in [3.63, 3.8) is 0 Å². The fourth-order valence-corrected chi connectivity index (χ4v) is 3.04. The molecule has 0 aliphatic carbocycles. The molecule has 0 atom stereocenters. The Hall–Kier alpha value is -2.60. The number of aromatic amines is 1. The van der Waals surface area contributed by atoms with Crippen molar-refractivity contribution in [2.45, 2.75) is 17.8 Å². The van der Waals surface area contributed by atoms with Gasteiger partial charge in [-0.1, -0.05) is 41.2 Å². The minimum atomic E-state index is 0.543. The lowest BCUT2D eigenvalue weighted by Gasteiger charge is -1.92. The van der Waals surface area contributed by atoms with Gasteiger partial charge in [-0.25, -0.2) is 4.98 Å². The summed E-state index contributed by atoms with van der Waals surface area (Å²) in [7, 11) is 0. The van der Waals surface area contributed by atoms with E-state index >= 15 is 0 Å². The molecular formula is C17H14N4OS. The van der Waals surface area contributed by atoms with E-state index in [4.69, 9.17) is 4.52 Å². The van der Waals surface area contributed by atoms with Crippen molar-refractivity contribution in [2.75, 3.05) is 0 Å². The second kappa shape index (κ2) is 5.89. The summed E-state index contributed by atoms with van der Waals surface area (Å²) in [6.07, 6.45) is 0. The first-order valence-electron chi connectivity index (χ1n) is 7.25. The average Bonchev–Trinajstić information content (AvgIpc) is 3.20. The topological polar surface area (TPSA) is 67.6 Å². The summed E-state index contributed by atoms with van der Waals surface area (Å²) < 4.78 is 5.31. The molecule has 0 radical (unpaired) electrons. The molecule has 0 aliphatic heterocycles. The zero-order chi connectivity index (χ0) is 15.6. The number of benzene rings is 2. The van der Waals surface area contributed by atoms with Crippen LogP contribution in [-0.4, -0.2) is 20.1 Å². The lowest BCUT2D eigenvalue weighted by molar-refractivity contribution is 0.425. The van der Waals surface area contributed by atoms with Crippen LogP contribution in [-0.2, 0) is 5.75 Å². The van der Waals surface area contributed by atoms with E-state index in [1.165, 1.54) is 5.56 Å². The van der Waals surface area contributed by atoms with E-state index in [0.29, 0.717) is 17.5 Å². The van der Waals surface area contributed by atoms with Gasteiger partial charge < -0.3 is 9.51 Å². The van der Waals surface area contributed by atoms with Crippen LogP contribution in [0.25, 0.3) is 22.5 Å². The van der Waals surface area contributed by atoms with Gasteiger partial charge in [0.25, 0.3) is 5.89 Å². The molecule has 114 valence electrons. The zero-order valence-electron chi connectivity index (χ0n) is 12.5. The second-order valence-corrected chi connectivity index (χ2v) is 6.20. The van der Waals surface area contributed by atoms with Crippen LogP contribution in [0.4, 0.5) is 0 Å². The number of fused-ring (bicyclic) bond motifs is 1. The summed E-state index contributed by atoms with van der Waals surface area (Å²) in [6.45, 7) is 2.07. The molecule has 2 aromatic heterocycles. The Kier molecular flexibility index (Phi) is 3.59. The van der Waals surface area contributed by atoms with Gasteiger partial charge in [0.2, 0.25) is 0 Å². The molecule has 0 unspecified atom stereocenters. The number of thioether (sulfide) groups is 1. The Morgan fingerprint density at radius 1 is 1.09 bits per heavy atom. The highest BCUT2D eigenvalue weighted by Crippen LogP contribution is 2.24. The minimum absolute atomic E-state index is 0.543. The molecular weight excluding hydrogens is 308 g/mol. The van der Waals surface area contributed by atoms with Gasteiger partial charge in [-0.3, -0.25) is 0 Å². The van der Waals surface area contributed by atoms with Crippen LogP contribution in [0.15, 0.2) is 58.2 Å². The third-order valence-corrected chi connectivity index (χ3v) is 4.31. The Morgan fingerprint density at radius 3 is 2.83 bits per heavy atom. The molecule has 6 heteroatoms. The molecule has 0 fully saturated rings. The molecule has 0 spiro atoms. The van der Waals surface area contributed by atoms with Gasteiger partial charge in [-0.05, 0) is 36.8 Å². The van der Waals surface area contributed by atoms with Crippen molar-refractivity contribution >= 4 is 22.8 Å². The maximum Gasteiger partial charge on any atom is 0.257 e. The molecule has 0 saturated carbocycles. The minimum Gasteiger partial charge on any atom is -0.334 e. The van der Waals surface area contributed by atoms with Crippen LogP contribution in [0.2, 0.25) is 0 Å². The summed E-state index contributed by atoms with van der Waals surface area (Å²) in [4.78, 5) is 12.3. The largest absolute Gasteiger partial charge is 0.334 e. The average molecular weight is 322 g/mol. The molecule has 5 nitrogen and oxygen atoms in total. The number of H-pyrrole nitrogens is 1. The van der Waals surface area contributed by atoms with E-state index < -0.39 is 0 Å². The first-order chi connectivity index (χ1) is 11.3. The van der Waals surface area contributed by atoms with Gasteiger partial charge in [0.05, 0.1) is 16.8 Å². The number of aromatic nitrogens is 4. The number of hydrogen-bond acceptors (Lipinski definition) is 5. The zero-order valence-corrected chi connectivity index (χ0v) is 13.3. The predicted octanol–water partition coefficient (Wildman–Crippen LogP) is 4.21. The van der Waals surface area contributed by atoms with Gasteiger partial charge in [0.15, 0.2) is 11.0 Å². The fraction of sp³-hybridized carbons (Fsp3) is 0.118. The SMILES string of the molecule is Cc1ccc2nc(SCc3noc(-c4ccccc4)n3)[nH]c2c1. The number of imidazole rings is 1. The Balaban J connectivity index is 1.49. The lowest BCUT2D eigenvalue weighted by atomic mass is 10.2. The normalized spacial score (nSPS) is 11.2. The van der Waals surface area contributed by atoms with Crippen LogP contribution in [0.3, 0.4) is 0 Å². The molecule has 0 aliphatic rings. The number of hydrogen-bond donors (Lipinski definition) is 1. The number of aryl methyl sites for hydroxylation is 1. The molecule has 0 bridgehead atoms. The molecule has 2 heterocycles. The quantitative estimate of drug-likeness (QED) is 0.570. The highest BCUT2D eigenvalue weighted by molar-refractivity contribution is 7.98. The monoisotopic (exact) mass is 322 g/mol. The lowest BCUT2D eigenvalue weighted by Crippen LogP contribution is -1.85. The van der Waals surface area contributed by atoms with E-state index in [2.05, 4.69) is 39.2 Å². The highest BCUT2D eigenvalue weighted by atomic mass is 32.2. The van der Waals surface area contributed by atoms with E-state index in [-0.39, 0.29) is 0 Å². The molecule has 0 saturated heterocycles. The summed E-state index contributed by atoms with van der Waals surface area (Å²) >= 11 is 1.56. The predicted molar refractivity (Wildman–Crippen MR) is 90.1 cm³/mol. The van der Waals surface area contributed by atoms with Crippen molar-refractivity contribution in [2.24, 2.45) is 0 Å². The van der Waals surface area contributed by atoms with E-state index in [0.717, 1.165) is 21.8 Å². The van der Waals surface area contributed by atoms with Crippen molar-refractivity contribution in [1.29, 1.82) is 0 Å². The number of rotatable bonds is 4. The molecule has 1 N–H and O–H groups in total. The van der Waals surface area contributed by atoms with Crippen LogP contribution in [0, 0.1) is 6.92 Å². The molecule has 4 rings (SSSR count). The van der Waals surface area contributed by atoms with Crippen LogP contribution >= 0.6 is 11.8 Å². The summed E-state index contributed by atoms with van der Waals surface area (Å²) in [5.74, 6) is 1.81. The maximum absolute atomic E-state index is 5.31. The number of nitrogens with zero attached hydrogens (tertiary/aromatic N) is 3. The summed E-state index contributed by atoms with van der Waals surface area (Å²) in [5.41, 5.74) is 4.15. The molecule has 2 aromatic carbocycles.